The van der Waals surface area contributed by atoms with Crippen molar-refractivity contribution in [1.29, 1.82) is 0 Å². The predicted molar refractivity (Wildman–Crippen MR) is 111 cm³/mol. The molecule has 4 rings (SSSR count). The first-order valence-corrected chi connectivity index (χ1v) is 9.68. The van der Waals surface area contributed by atoms with Crippen molar-refractivity contribution in [3.8, 4) is 0 Å². The molecule has 0 saturated carbocycles. The van der Waals surface area contributed by atoms with E-state index in [2.05, 4.69) is 35.6 Å². The number of nitrogens with zero attached hydrogens (tertiary/aromatic N) is 7. The molecule has 32 heavy (non-hydrogen) atoms. The topological polar surface area (TPSA) is 212 Å². The molecule has 4 atom stereocenters. The second-order valence-corrected chi connectivity index (χ2v) is 7.16. The van der Waals surface area contributed by atoms with Crippen molar-refractivity contribution in [2.45, 2.75) is 31.0 Å². The molecule has 0 radical (unpaired) electrons. The minimum Gasteiger partial charge on any atom is -0.394 e. The van der Waals surface area contributed by atoms with Gasteiger partial charge < -0.3 is 36.1 Å². The molecule has 15 heteroatoms. The van der Waals surface area contributed by atoms with Gasteiger partial charge in [0.1, 0.15) is 29.9 Å². The summed E-state index contributed by atoms with van der Waals surface area (Å²) in [5.74, 6) is 0.191. The van der Waals surface area contributed by atoms with Crippen LogP contribution in [-0.4, -0.2) is 91.5 Å². The SMILES string of the molecule is CN(C)N=Nc1nc[nH]c1C(N)=O.OC[C@H]1O[C@@H](n2cnc3c2NC=NC[C@H]3O)C[C@@H]1O. The highest BCUT2D eigenvalue weighted by atomic mass is 16.5. The van der Waals surface area contributed by atoms with Gasteiger partial charge in [0, 0.05) is 20.5 Å². The molecule has 4 heterocycles. The van der Waals surface area contributed by atoms with Crippen molar-refractivity contribution in [3.63, 3.8) is 0 Å². The van der Waals surface area contributed by atoms with Crippen LogP contribution < -0.4 is 11.1 Å². The van der Waals surface area contributed by atoms with Crippen LogP contribution in [0.5, 0.6) is 0 Å². The maximum atomic E-state index is 10.8. The number of ether oxygens (including phenoxy) is 1. The molecule has 1 saturated heterocycles. The Morgan fingerprint density at radius 1 is 1.41 bits per heavy atom. The molecule has 2 aromatic rings. The molecule has 0 aliphatic carbocycles. The Kier molecular flexibility index (Phi) is 7.47. The first kappa shape index (κ1) is 23.3. The first-order chi connectivity index (χ1) is 15.3. The van der Waals surface area contributed by atoms with E-state index in [0.717, 1.165) is 0 Å². The third-order valence-corrected chi connectivity index (χ3v) is 4.59. The summed E-state index contributed by atoms with van der Waals surface area (Å²) in [4.78, 5) is 25.2. The Balaban J connectivity index is 0.000000195. The normalized spacial score (nSPS) is 24.4. The van der Waals surface area contributed by atoms with Crippen LogP contribution in [0.4, 0.5) is 11.6 Å². The second kappa shape index (κ2) is 10.3. The van der Waals surface area contributed by atoms with Crippen molar-refractivity contribution < 1.29 is 24.9 Å². The molecule has 0 aromatic carbocycles. The molecule has 1 fully saturated rings. The molecule has 1 amide bonds. The van der Waals surface area contributed by atoms with Gasteiger partial charge in [0.2, 0.25) is 5.82 Å². The summed E-state index contributed by atoms with van der Waals surface area (Å²) >= 11 is 0. The van der Waals surface area contributed by atoms with Gasteiger partial charge >= 0.3 is 0 Å². The number of nitrogens with one attached hydrogen (secondary N) is 2. The molecular weight excluding hydrogens is 424 g/mol. The van der Waals surface area contributed by atoms with Gasteiger partial charge in [0.05, 0.1) is 38.2 Å². The number of aromatic amines is 1. The van der Waals surface area contributed by atoms with Crippen LogP contribution in [0.25, 0.3) is 0 Å². The van der Waals surface area contributed by atoms with Crippen molar-refractivity contribution in [2.75, 3.05) is 32.6 Å². The number of amides is 1. The van der Waals surface area contributed by atoms with Crippen LogP contribution in [0.1, 0.15) is 34.9 Å². The predicted octanol–water partition coefficient (Wildman–Crippen LogP) is -0.920. The average molecular weight is 450 g/mol. The van der Waals surface area contributed by atoms with Gasteiger partial charge in [-0.1, -0.05) is 5.22 Å². The molecule has 7 N–H and O–H groups in total. The Morgan fingerprint density at radius 2 is 2.19 bits per heavy atom. The first-order valence-electron chi connectivity index (χ1n) is 9.68. The zero-order valence-electron chi connectivity index (χ0n) is 17.5. The van der Waals surface area contributed by atoms with Crippen molar-refractivity contribution in [1.82, 2.24) is 24.5 Å². The number of nitrogens with two attached hydrogens (primary N) is 1. The van der Waals surface area contributed by atoms with Gasteiger partial charge in [0.15, 0.2) is 5.69 Å². The molecule has 0 spiro atoms. The van der Waals surface area contributed by atoms with E-state index in [1.807, 2.05) is 0 Å². The fraction of sp³-hybridized carbons (Fsp3) is 0.529. The Bertz CT molecular complexity index is 971. The zero-order valence-corrected chi connectivity index (χ0v) is 17.5. The van der Waals surface area contributed by atoms with Crippen molar-refractivity contribution >= 4 is 23.9 Å². The molecular formula is C17H26N10O5. The maximum Gasteiger partial charge on any atom is 0.269 e. The Labute approximate surface area is 182 Å². The standard InChI is InChI=1S/C11H16N4O4.C6H10N6O/c16-3-8-6(17)1-9(19-8)15-5-14-10-7(18)2-12-4-13-11(10)15;1-12(2)11-10-6-4(5(7)13)8-3-9-6/h4-9,16-18H,1-3H2,(H,12,13);3H,1-2H3,(H2,7,13)(H,8,9)/t6-,7+,8+,9+;/m0./s1. The Hall–Kier alpha value is -3.40. The van der Waals surface area contributed by atoms with E-state index in [4.69, 9.17) is 15.6 Å². The van der Waals surface area contributed by atoms with Gasteiger partial charge in [-0.05, 0) is 0 Å². The monoisotopic (exact) mass is 450 g/mol. The highest BCUT2D eigenvalue weighted by Gasteiger charge is 2.36. The molecule has 174 valence electrons. The van der Waals surface area contributed by atoms with E-state index in [1.165, 1.54) is 17.7 Å². The fourth-order valence-corrected chi connectivity index (χ4v) is 3.06. The highest BCUT2D eigenvalue weighted by Crippen LogP contribution is 2.34. The number of hydrogen-bond donors (Lipinski definition) is 6. The van der Waals surface area contributed by atoms with Crippen LogP contribution in [0.3, 0.4) is 0 Å². The number of primary amides is 1. The highest BCUT2D eigenvalue weighted by molar-refractivity contribution is 5.94. The van der Waals surface area contributed by atoms with Crippen LogP contribution in [0, 0.1) is 0 Å². The van der Waals surface area contributed by atoms with Gasteiger partial charge in [0.25, 0.3) is 5.91 Å². The lowest BCUT2D eigenvalue weighted by molar-refractivity contribution is -0.0437. The number of rotatable bonds is 5. The van der Waals surface area contributed by atoms with Crippen LogP contribution in [0.15, 0.2) is 28.0 Å². The zero-order chi connectivity index (χ0) is 23.3. The lowest BCUT2D eigenvalue weighted by Gasteiger charge is -2.16. The summed E-state index contributed by atoms with van der Waals surface area (Å²) in [6, 6.07) is 0. The maximum absolute atomic E-state index is 10.8. The largest absolute Gasteiger partial charge is 0.394 e. The number of carbonyl (C=O) groups is 1. The van der Waals surface area contributed by atoms with E-state index in [-0.39, 0.29) is 24.7 Å². The van der Waals surface area contributed by atoms with E-state index in [9.17, 15) is 15.0 Å². The Morgan fingerprint density at radius 3 is 2.84 bits per heavy atom. The van der Waals surface area contributed by atoms with E-state index >= 15 is 0 Å². The summed E-state index contributed by atoms with van der Waals surface area (Å²) in [7, 11) is 3.42. The van der Waals surface area contributed by atoms with E-state index in [1.54, 1.807) is 25.0 Å². The smallest absolute Gasteiger partial charge is 0.269 e. The third-order valence-electron chi connectivity index (χ3n) is 4.59. The number of aromatic nitrogens is 4. The van der Waals surface area contributed by atoms with Crippen LogP contribution in [-0.2, 0) is 4.74 Å². The average Bonchev–Trinajstić information content (AvgIpc) is 3.45. The summed E-state index contributed by atoms with van der Waals surface area (Å²) < 4.78 is 7.27. The lowest BCUT2D eigenvalue weighted by atomic mass is 10.2. The molecule has 15 nitrogen and oxygen atoms in total. The molecule has 0 unspecified atom stereocenters. The van der Waals surface area contributed by atoms with Gasteiger partial charge in [-0.15, -0.1) is 5.11 Å². The fourth-order valence-electron chi connectivity index (χ4n) is 3.06. The molecule has 2 aliphatic heterocycles. The van der Waals surface area contributed by atoms with Crippen molar-refractivity contribution in [3.05, 3.63) is 24.0 Å². The summed E-state index contributed by atoms with van der Waals surface area (Å²) in [6.07, 6.45) is 2.27. The quantitative estimate of drug-likeness (QED) is 0.245. The summed E-state index contributed by atoms with van der Waals surface area (Å²) in [5, 5.41) is 40.5. The number of hydrogen-bond acceptors (Lipinski definition) is 11. The van der Waals surface area contributed by atoms with E-state index in [0.29, 0.717) is 17.9 Å². The van der Waals surface area contributed by atoms with Crippen molar-refractivity contribution in [2.24, 2.45) is 21.1 Å². The number of fused-ring (bicyclic) bond motifs is 1. The summed E-state index contributed by atoms with van der Waals surface area (Å²) in [5.41, 5.74) is 5.70. The van der Waals surface area contributed by atoms with Crippen LogP contribution in [0.2, 0.25) is 0 Å². The van der Waals surface area contributed by atoms with Gasteiger partial charge in [-0.25, -0.2) is 9.97 Å². The summed E-state index contributed by atoms with van der Waals surface area (Å²) in [6.45, 7) is 0.0243. The van der Waals surface area contributed by atoms with Crippen LogP contribution >= 0.6 is 0 Å². The third kappa shape index (κ3) is 5.25. The number of aliphatic imine (C=N–C) groups is 1. The van der Waals surface area contributed by atoms with Gasteiger partial charge in [-0.2, -0.15) is 0 Å². The molecule has 2 aromatic heterocycles. The lowest BCUT2D eigenvalue weighted by Crippen LogP contribution is -2.24. The number of carbonyl (C=O) groups excluding carboxylic acids is 1. The number of aliphatic hydroxyl groups excluding tert-OH is 3. The minimum atomic E-state index is -0.762. The molecule has 0 bridgehead atoms. The number of aliphatic hydroxyl groups is 3. The number of imidazole rings is 2. The second-order valence-electron chi connectivity index (χ2n) is 7.16. The van der Waals surface area contributed by atoms with E-state index < -0.39 is 30.4 Å². The molecule has 2 aliphatic rings. The number of H-pyrrole nitrogens is 1. The number of anilines is 1. The minimum absolute atomic E-state index is 0.158. The van der Waals surface area contributed by atoms with Gasteiger partial charge in [-0.3, -0.25) is 19.4 Å².